The van der Waals surface area contributed by atoms with Crippen LogP contribution in [0.1, 0.15) is 24.0 Å². The average molecular weight is 330 g/mol. The first-order valence-corrected chi connectivity index (χ1v) is 8.45. The Hall–Kier alpha value is -0.490. The molecule has 0 amide bonds. The summed E-state index contributed by atoms with van der Waals surface area (Å²) in [5, 5.41) is 0.723. The molecule has 0 spiro atoms. The summed E-state index contributed by atoms with van der Waals surface area (Å²) in [5.41, 5.74) is 2.12. The number of halogens is 1. The highest BCUT2D eigenvalue weighted by atomic mass is 35.5. The zero-order valence-corrected chi connectivity index (χ0v) is 13.5. The zero-order chi connectivity index (χ0) is 13.9. The maximum absolute atomic E-state index is 6.16. The molecule has 1 saturated heterocycles. The van der Waals surface area contributed by atoms with Crippen LogP contribution in [-0.4, -0.2) is 29.1 Å². The summed E-state index contributed by atoms with van der Waals surface area (Å²) in [7, 11) is 0. The van der Waals surface area contributed by atoms with Gasteiger partial charge in [0.2, 0.25) is 0 Å². The van der Waals surface area contributed by atoms with E-state index in [2.05, 4.69) is 4.90 Å². The highest BCUT2D eigenvalue weighted by Gasteiger charge is 2.19. The van der Waals surface area contributed by atoms with Crippen molar-refractivity contribution < 1.29 is 9.47 Å². The molecule has 2 aliphatic heterocycles. The van der Waals surface area contributed by atoms with Gasteiger partial charge in [-0.05, 0) is 25.0 Å². The first-order chi connectivity index (χ1) is 9.74. The molecule has 0 saturated carbocycles. The molecule has 0 unspecified atom stereocenters. The number of thioether (sulfide) groups is 1. The topological polar surface area (TPSA) is 21.7 Å². The number of hydrogen-bond donors (Lipinski definition) is 0. The summed E-state index contributed by atoms with van der Waals surface area (Å²) in [6, 6.07) is 3.87. The van der Waals surface area contributed by atoms with E-state index in [4.69, 9.17) is 33.3 Å². The normalized spacial score (nSPS) is 17.8. The minimum absolute atomic E-state index is 0.308. The van der Waals surface area contributed by atoms with Crippen molar-refractivity contribution in [1.29, 1.82) is 0 Å². The third kappa shape index (κ3) is 3.22. The SMILES string of the molecule is S=C(SCc1cc(Cl)cc2c1OCOC2)N1CCCC1. The lowest BCUT2D eigenvalue weighted by atomic mass is 10.1. The van der Waals surface area contributed by atoms with Crippen LogP contribution >= 0.6 is 35.6 Å². The molecule has 2 aliphatic rings. The third-order valence-electron chi connectivity index (χ3n) is 3.47. The van der Waals surface area contributed by atoms with Crippen LogP contribution in [0.3, 0.4) is 0 Å². The molecule has 2 heterocycles. The average Bonchev–Trinajstić information content (AvgIpc) is 2.98. The van der Waals surface area contributed by atoms with Crippen LogP contribution in [0, 0.1) is 0 Å². The minimum Gasteiger partial charge on any atom is -0.467 e. The number of thiocarbonyl (C=S) groups is 1. The predicted octanol–water partition coefficient (Wildman–Crippen LogP) is 3.82. The zero-order valence-electron chi connectivity index (χ0n) is 11.1. The van der Waals surface area contributed by atoms with Gasteiger partial charge in [0.1, 0.15) is 10.1 Å². The standard InChI is InChI=1S/C14H16ClNO2S2/c15-12-5-10-7-17-9-18-13(10)11(6-12)8-20-14(19)16-3-1-2-4-16/h5-6H,1-4,7-9H2. The van der Waals surface area contributed by atoms with Crippen molar-refractivity contribution >= 4 is 39.9 Å². The van der Waals surface area contributed by atoms with E-state index in [9.17, 15) is 0 Å². The fourth-order valence-corrected chi connectivity index (χ4v) is 3.98. The molecule has 20 heavy (non-hydrogen) atoms. The number of benzene rings is 1. The number of fused-ring (bicyclic) bond motifs is 1. The van der Waals surface area contributed by atoms with Gasteiger partial charge in [-0.2, -0.15) is 0 Å². The van der Waals surface area contributed by atoms with Crippen molar-refractivity contribution in [1.82, 2.24) is 4.90 Å². The summed E-state index contributed by atoms with van der Waals surface area (Å²) in [6.07, 6.45) is 2.49. The Morgan fingerprint density at radius 2 is 2.15 bits per heavy atom. The molecule has 0 N–H and O–H groups in total. The molecule has 108 valence electrons. The molecule has 1 aromatic carbocycles. The Balaban J connectivity index is 1.70. The summed E-state index contributed by atoms with van der Waals surface area (Å²) in [4.78, 5) is 2.28. The van der Waals surface area contributed by atoms with Gasteiger partial charge in [-0.25, -0.2) is 0 Å². The van der Waals surface area contributed by atoms with Gasteiger partial charge in [-0.1, -0.05) is 35.6 Å². The van der Waals surface area contributed by atoms with Gasteiger partial charge in [0.15, 0.2) is 6.79 Å². The highest BCUT2D eigenvalue weighted by Crippen LogP contribution is 2.34. The summed E-state index contributed by atoms with van der Waals surface area (Å²) in [6.45, 7) is 3.04. The Bertz CT molecular complexity index is 518. The van der Waals surface area contributed by atoms with E-state index in [0.717, 1.165) is 45.1 Å². The molecule has 0 radical (unpaired) electrons. The molecule has 1 fully saturated rings. The molecule has 0 aromatic heterocycles. The van der Waals surface area contributed by atoms with Crippen LogP contribution in [0.5, 0.6) is 5.75 Å². The Morgan fingerprint density at radius 1 is 1.35 bits per heavy atom. The van der Waals surface area contributed by atoms with E-state index in [0.29, 0.717) is 13.4 Å². The maximum atomic E-state index is 6.16. The van der Waals surface area contributed by atoms with E-state index in [1.54, 1.807) is 11.8 Å². The van der Waals surface area contributed by atoms with Crippen molar-refractivity contribution in [3.05, 3.63) is 28.3 Å². The Morgan fingerprint density at radius 3 is 2.95 bits per heavy atom. The van der Waals surface area contributed by atoms with Gasteiger partial charge in [0.05, 0.1) is 6.61 Å². The van der Waals surface area contributed by atoms with Crippen molar-refractivity contribution in [2.24, 2.45) is 0 Å². The van der Waals surface area contributed by atoms with Crippen LogP contribution in [0.25, 0.3) is 0 Å². The first-order valence-electron chi connectivity index (χ1n) is 6.67. The molecule has 3 rings (SSSR count). The molecule has 1 aromatic rings. The predicted molar refractivity (Wildman–Crippen MR) is 86.4 cm³/mol. The van der Waals surface area contributed by atoms with E-state index < -0.39 is 0 Å². The van der Waals surface area contributed by atoms with Gasteiger partial charge in [-0.3, -0.25) is 0 Å². The monoisotopic (exact) mass is 329 g/mol. The largest absolute Gasteiger partial charge is 0.467 e. The van der Waals surface area contributed by atoms with Crippen LogP contribution in [-0.2, 0) is 17.1 Å². The molecule has 6 heteroatoms. The number of nitrogens with zero attached hydrogens (tertiary/aromatic N) is 1. The van der Waals surface area contributed by atoms with E-state index in [1.807, 2.05) is 12.1 Å². The van der Waals surface area contributed by atoms with E-state index in [1.165, 1.54) is 12.8 Å². The fourth-order valence-electron chi connectivity index (χ4n) is 2.49. The second-order valence-electron chi connectivity index (χ2n) is 4.91. The van der Waals surface area contributed by atoms with Crippen LogP contribution in [0.4, 0.5) is 0 Å². The minimum atomic E-state index is 0.308. The van der Waals surface area contributed by atoms with Crippen molar-refractivity contribution in [2.45, 2.75) is 25.2 Å². The summed E-state index contributed by atoms with van der Waals surface area (Å²) < 4.78 is 11.9. The van der Waals surface area contributed by atoms with Gasteiger partial charge >= 0.3 is 0 Å². The Labute approximate surface area is 133 Å². The second-order valence-corrected chi connectivity index (χ2v) is 6.96. The number of likely N-dealkylation sites (tertiary alicyclic amines) is 1. The molecular weight excluding hydrogens is 314 g/mol. The molecule has 0 aliphatic carbocycles. The lowest BCUT2D eigenvalue weighted by molar-refractivity contribution is -0.0168. The van der Waals surface area contributed by atoms with Gasteiger partial charge in [-0.15, -0.1) is 0 Å². The third-order valence-corrected chi connectivity index (χ3v) is 5.26. The number of rotatable bonds is 2. The Kier molecular flexibility index (Phi) is 4.71. The molecular formula is C14H16ClNO2S2. The van der Waals surface area contributed by atoms with Gasteiger partial charge < -0.3 is 14.4 Å². The van der Waals surface area contributed by atoms with E-state index >= 15 is 0 Å². The van der Waals surface area contributed by atoms with Gasteiger partial charge in [0.25, 0.3) is 0 Å². The lowest BCUT2D eigenvalue weighted by Gasteiger charge is -2.22. The highest BCUT2D eigenvalue weighted by molar-refractivity contribution is 8.22. The van der Waals surface area contributed by atoms with Crippen molar-refractivity contribution in [2.75, 3.05) is 19.9 Å². The number of ether oxygens (including phenoxy) is 2. The molecule has 3 nitrogen and oxygen atoms in total. The smallest absolute Gasteiger partial charge is 0.189 e. The van der Waals surface area contributed by atoms with Crippen molar-refractivity contribution in [3.63, 3.8) is 0 Å². The summed E-state index contributed by atoms with van der Waals surface area (Å²) >= 11 is 13.3. The van der Waals surface area contributed by atoms with Crippen molar-refractivity contribution in [3.8, 4) is 5.75 Å². The molecule has 0 atom stereocenters. The van der Waals surface area contributed by atoms with Crippen LogP contribution in [0.2, 0.25) is 5.02 Å². The maximum Gasteiger partial charge on any atom is 0.189 e. The first kappa shape index (κ1) is 14.4. The van der Waals surface area contributed by atoms with Crippen LogP contribution in [0.15, 0.2) is 12.1 Å². The van der Waals surface area contributed by atoms with E-state index in [-0.39, 0.29) is 0 Å². The number of hydrogen-bond acceptors (Lipinski definition) is 4. The quantitative estimate of drug-likeness (QED) is 0.767. The lowest BCUT2D eigenvalue weighted by Crippen LogP contribution is -2.23. The van der Waals surface area contributed by atoms with Gasteiger partial charge in [0, 0.05) is 35.0 Å². The van der Waals surface area contributed by atoms with Crippen LogP contribution < -0.4 is 4.74 Å². The molecule has 0 bridgehead atoms. The summed E-state index contributed by atoms with van der Waals surface area (Å²) in [5.74, 6) is 1.70. The second kappa shape index (κ2) is 6.52. The fraction of sp³-hybridized carbons (Fsp3) is 0.500.